The average molecular weight is 539 g/mol. The Morgan fingerprint density at radius 1 is 0.974 bits per heavy atom. The predicted octanol–water partition coefficient (Wildman–Crippen LogP) is 6.94. The van der Waals surface area contributed by atoms with E-state index in [9.17, 15) is 9.59 Å². The number of hydrogen-bond acceptors (Lipinski definition) is 5. The van der Waals surface area contributed by atoms with Gasteiger partial charge < -0.3 is 10.1 Å². The molecule has 1 atom stereocenters. The minimum absolute atomic E-state index is 0.0559. The molecule has 0 spiro atoms. The van der Waals surface area contributed by atoms with Crippen LogP contribution in [0.25, 0.3) is 20.5 Å². The van der Waals surface area contributed by atoms with Crippen molar-refractivity contribution in [3.05, 3.63) is 83.9 Å². The number of nitrogens with one attached hydrogen (secondary N) is 1. The van der Waals surface area contributed by atoms with Crippen LogP contribution in [-0.4, -0.2) is 42.8 Å². The summed E-state index contributed by atoms with van der Waals surface area (Å²) in [6.07, 6.45) is 4.97. The van der Waals surface area contributed by atoms with Crippen molar-refractivity contribution < 1.29 is 14.3 Å². The van der Waals surface area contributed by atoms with Crippen LogP contribution in [0, 0.1) is 5.92 Å². The van der Waals surface area contributed by atoms with Gasteiger partial charge in [0.2, 0.25) is 5.91 Å². The molecule has 3 aromatic carbocycles. The monoisotopic (exact) mass is 538 g/mol. The standard InChI is InChI=1S/C33H34N2O3S/c36-27-14-11-25(22-27)33(37)34-26-12-9-24(10-13-26)32-30(29-5-1-2-6-31(29)39-32)21-23-7-15-28(16-8-23)38-20-19-35-17-3-4-18-35/h1-2,5-10,12-13,15-16,25H,3-4,11,14,17-22H2,(H,34,37). The van der Waals surface area contributed by atoms with Crippen LogP contribution in [0.3, 0.4) is 0 Å². The number of ether oxygens (including phenoxy) is 1. The predicted molar refractivity (Wildman–Crippen MR) is 159 cm³/mol. The van der Waals surface area contributed by atoms with E-state index in [1.54, 1.807) is 0 Å². The molecule has 1 unspecified atom stereocenters. The molecule has 5 nitrogen and oxygen atoms in total. The van der Waals surface area contributed by atoms with Crippen molar-refractivity contribution in [3.8, 4) is 16.2 Å². The number of anilines is 1. The van der Waals surface area contributed by atoms with Crippen LogP contribution in [-0.2, 0) is 16.0 Å². The highest BCUT2D eigenvalue weighted by Crippen LogP contribution is 2.40. The molecule has 1 aliphatic heterocycles. The number of benzene rings is 3. The van der Waals surface area contributed by atoms with Crippen LogP contribution in [0.15, 0.2) is 72.8 Å². The average Bonchev–Trinajstić information content (AvgIpc) is 3.71. The molecular formula is C33H34N2O3S. The second-order valence-electron chi connectivity index (χ2n) is 10.7. The number of ketones is 1. The van der Waals surface area contributed by atoms with E-state index in [2.05, 4.69) is 70.9 Å². The molecule has 1 aromatic heterocycles. The number of thiophene rings is 1. The molecule has 1 aliphatic carbocycles. The Morgan fingerprint density at radius 3 is 2.49 bits per heavy atom. The number of likely N-dealkylation sites (tertiary alicyclic amines) is 1. The van der Waals surface area contributed by atoms with Crippen molar-refractivity contribution in [2.75, 3.05) is 31.6 Å². The van der Waals surface area contributed by atoms with Crippen LogP contribution >= 0.6 is 11.3 Å². The highest BCUT2D eigenvalue weighted by molar-refractivity contribution is 7.22. The Morgan fingerprint density at radius 2 is 1.74 bits per heavy atom. The van der Waals surface area contributed by atoms with Crippen LogP contribution in [0.5, 0.6) is 5.75 Å². The summed E-state index contributed by atoms with van der Waals surface area (Å²) in [4.78, 5) is 27.8. The van der Waals surface area contributed by atoms with Gasteiger partial charge in [-0.05, 0) is 91.2 Å². The lowest BCUT2D eigenvalue weighted by Gasteiger charge is -2.15. The smallest absolute Gasteiger partial charge is 0.227 e. The summed E-state index contributed by atoms with van der Waals surface area (Å²) in [5.41, 5.74) is 4.48. The van der Waals surface area contributed by atoms with Gasteiger partial charge in [-0.1, -0.05) is 42.5 Å². The molecule has 6 heteroatoms. The van der Waals surface area contributed by atoms with Crippen molar-refractivity contribution >= 4 is 38.8 Å². The molecule has 0 radical (unpaired) electrons. The lowest BCUT2D eigenvalue weighted by atomic mass is 9.99. The summed E-state index contributed by atoms with van der Waals surface area (Å²) in [5, 5.41) is 4.28. The molecule has 6 rings (SSSR count). The Balaban J connectivity index is 1.16. The minimum atomic E-state index is -0.201. The third-order valence-corrected chi connectivity index (χ3v) is 9.17. The summed E-state index contributed by atoms with van der Waals surface area (Å²) in [6, 6.07) is 25.2. The van der Waals surface area contributed by atoms with Gasteiger partial charge in [-0.25, -0.2) is 0 Å². The van der Waals surface area contributed by atoms with Gasteiger partial charge in [0.1, 0.15) is 18.1 Å². The van der Waals surface area contributed by atoms with Gasteiger partial charge in [0.15, 0.2) is 0 Å². The second-order valence-corrected chi connectivity index (χ2v) is 11.7. The first kappa shape index (κ1) is 25.8. The highest BCUT2D eigenvalue weighted by Gasteiger charge is 2.28. The minimum Gasteiger partial charge on any atom is -0.492 e. The first-order chi connectivity index (χ1) is 19.1. The SMILES string of the molecule is O=C1CCC(C(=O)Nc2ccc(-c3sc4ccccc4c3Cc3ccc(OCCN4CCCC4)cc3)cc2)C1. The third kappa shape index (κ3) is 6.07. The van der Waals surface area contributed by atoms with Gasteiger partial charge >= 0.3 is 0 Å². The summed E-state index contributed by atoms with van der Waals surface area (Å²) in [6.45, 7) is 4.11. The number of Topliss-reactive ketones (excluding diaryl/α,β-unsaturated/α-hetero) is 1. The first-order valence-corrected chi connectivity index (χ1v) is 14.8. The molecule has 200 valence electrons. The fourth-order valence-electron chi connectivity index (χ4n) is 5.70. The van der Waals surface area contributed by atoms with Gasteiger partial charge in [-0.15, -0.1) is 11.3 Å². The van der Waals surface area contributed by atoms with E-state index in [0.29, 0.717) is 19.3 Å². The molecule has 1 saturated carbocycles. The molecule has 39 heavy (non-hydrogen) atoms. The topological polar surface area (TPSA) is 58.6 Å². The summed E-state index contributed by atoms with van der Waals surface area (Å²) in [5.74, 6) is 0.850. The van der Waals surface area contributed by atoms with Crippen LogP contribution in [0.4, 0.5) is 5.69 Å². The lowest BCUT2D eigenvalue weighted by molar-refractivity contribution is -0.122. The zero-order chi connectivity index (χ0) is 26.6. The molecule has 4 aromatic rings. The quantitative estimate of drug-likeness (QED) is 0.251. The maximum Gasteiger partial charge on any atom is 0.227 e. The maximum absolute atomic E-state index is 12.6. The molecular weight excluding hydrogens is 504 g/mol. The van der Waals surface area contributed by atoms with Crippen molar-refractivity contribution in [2.45, 2.75) is 38.5 Å². The number of fused-ring (bicyclic) bond motifs is 1. The van der Waals surface area contributed by atoms with E-state index in [1.807, 2.05) is 23.5 Å². The fourth-order valence-corrected chi connectivity index (χ4v) is 6.93. The zero-order valence-corrected chi connectivity index (χ0v) is 23.0. The Kier molecular flexibility index (Phi) is 7.75. The van der Waals surface area contributed by atoms with E-state index in [0.717, 1.165) is 36.6 Å². The van der Waals surface area contributed by atoms with Crippen LogP contribution < -0.4 is 10.1 Å². The van der Waals surface area contributed by atoms with Crippen molar-refractivity contribution in [3.63, 3.8) is 0 Å². The van der Waals surface area contributed by atoms with Gasteiger partial charge in [0.25, 0.3) is 0 Å². The van der Waals surface area contributed by atoms with E-state index in [4.69, 9.17) is 4.74 Å². The Labute approximate surface area is 233 Å². The molecule has 2 heterocycles. The second kappa shape index (κ2) is 11.7. The maximum atomic E-state index is 12.6. The van der Waals surface area contributed by atoms with E-state index >= 15 is 0 Å². The number of carbonyl (C=O) groups excluding carboxylic acids is 2. The van der Waals surface area contributed by atoms with Crippen molar-refractivity contribution in [1.29, 1.82) is 0 Å². The van der Waals surface area contributed by atoms with E-state index in [-0.39, 0.29) is 17.6 Å². The van der Waals surface area contributed by atoms with Gasteiger partial charge in [0, 0.05) is 40.6 Å². The number of hydrogen-bond donors (Lipinski definition) is 1. The molecule has 1 saturated heterocycles. The van der Waals surface area contributed by atoms with Crippen molar-refractivity contribution in [2.24, 2.45) is 5.92 Å². The zero-order valence-electron chi connectivity index (χ0n) is 22.2. The normalized spacial score (nSPS) is 17.6. The van der Waals surface area contributed by atoms with Crippen molar-refractivity contribution in [1.82, 2.24) is 4.90 Å². The molecule has 2 aliphatic rings. The molecule has 0 bridgehead atoms. The van der Waals surface area contributed by atoms with E-state index in [1.165, 1.54) is 52.0 Å². The first-order valence-electron chi connectivity index (χ1n) is 14.0. The molecule has 2 fully saturated rings. The largest absolute Gasteiger partial charge is 0.492 e. The Hall–Kier alpha value is -3.48. The fraction of sp³-hybridized carbons (Fsp3) is 0.333. The van der Waals surface area contributed by atoms with E-state index < -0.39 is 0 Å². The Bertz CT molecular complexity index is 1450. The summed E-state index contributed by atoms with van der Waals surface area (Å²) in [7, 11) is 0. The number of rotatable bonds is 9. The lowest BCUT2D eigenvalue weighted by Crippen LogP contribution is -2.25. The number of carbonyl (C=O) groups is 2. The summed E-state index contributed by atoms with van der Waals surface area (Å²) >= 11 is 1.81. The van der Waals surface area contributed by atoms with Gasteiger partial charge in [-0.3, -0.25) is 14.5 Å². The molecule has 1 N–H and O–H groups in total. The van der Waals surface area contributed by atoms with Crippen LogP contribution in [0.2, 0.25) is 0 Å². The highest BCUT2D eigenvalue weighted by atomic mass is 32.1. The van der Waals surface area contributed by atoms with Gasteiger partial charge in [-0.2, -0.15) is 0 Å². The number of amides is 1. The van der Waals surface area contributed by atoms with Crippen LogP contribution in [0.1, 0.15) is 43.2 Å². The van der Waals surface area contributed by atoms with Gasteiger partial charge in [0.05, 0.1) is 0 Å². The number of nitrogens with zero attached hydrogens (tertiary/aromatic N) is 1. The third-order valence-electron chi connectivity index (χ3n) is 7.91. The summed E-state index contributed by atoms with van der Waals surface area (Å²) < 4.78 is 7.28. The molecule has 1 amide bonds.